The molecule has 1 heterocycles. The van der Waals surface area contributed by atoms with E-state index in [4.69, 9.17) is 16.0 Å². The second-order valence-corrected chi connectivity index (χ2v) is 4.49. The van der Waals surface area contributed by atoms with Crippen molar-refractivity contribution in [3.05, 3.63) is 5.89 Å². The molecule has 0 saturated heterocycles. The summed E-state index contributed by atoms with van der Waals surface area (Å²) >= 11 is 5.57. The van der Waals surface area contributed by atoms with Crippen molar-refractivity contribution in [1.29, 1.82) is 0 Å². The predicted molar refractivity (Wildman–Crippen MR) is 63.2 cm³/mol. The van der Waals surface area contributed by atoms with Crippen LogP contribution in [0.3, 0.4) is 0 Å². The van der Waals surface area contributed by atoms with Crippen LogP contribution in [0.25, 0.3) is 0 Å². The van der Waals surface area contributed by atoms with Gasteiger partial charge in [0.2, 0.25) is 11.8 Å². The molecule has 17 heavy (non-hydrogen) atoms. The van der Waals surface area contributed by atoms with Crippen LogP contribution >= 0.6 is 11.6 Å². The highest BCUT2D eigenvalue weighted by Gasteiger charge is 2.24. The lowest BCUT2D eigenvalue weighted by atomic mass is 10.5. The predicted octanol–water partition coefficient (Wildman–Crippen LogP) is 0.566. The number of carbonyl (C=O) groups excluding carboxylic acids is 1. The number of hydrogen-bond donors (Lipinski definition) is 1. The van der Waals surface area contributed by atoms with Crippen molar-refractivity contribution in [2.24, 2.45) is 0 Å². The zero-order valence-corrected chi connectivity index (χ0v) is 10.4. The van der Waals surface area contributed by atoms with E-state index in [2.05, 4.69) is 15.5 Å². The summed E-state index contributed by atoms with van der Waals surface area (Å²) in [5.74, 6) is 0.907. The molecule has 1 aliphatic rings. The third-order valence-corrected chi connectivity index (χ3v) is 2.60. The van der Waals surface area contributed by atoms with E-state index in [0.717, 1.165) is 12.8 Å². The van der Waals surface area contributed by atoms with E-state index in [-0.39, 0.29) is 12.5 Å². The fourth-order valence-electron chi connectivity index (χ4n) is 1.36. The number of anilines is 1. The van der Waals surface area contributed by atoms with E-state index in [0.29, 0.717) is 30.2 Å². The number of hydrogen-bond acceptors (Lipinski definition) is 5. The topological polar surface area (TPSA) is 71.3 Å². The maximum Gasteiger partial charge on any atom is 0.318 e. The van der Waals surface area contributed by atoms with Gasteiger partial charge in [-0.05, 0) is 12.8 Å². The monoisotopic (exact) mass is 258 g/mol. The summed E-state index contributed by atoms with van der Waals surface area (Å²) in [6, 6.07) is 0.710. The Kier molecular flexibility index (Phi) is 3.83. The molecule has 0 spiro atoms. The molecular formula is C10H15ClN4O2. The van der Waals surface area contributed by atoms with Crippen LogP contribution in [0.4, 0.5) is 6.01 Å². The van der Waals surface area contributed by atoms with E-state index in [9.17, 15) is 4.79 Å². The van der Waals surface area contributed by atoms with Gasteiger partial charge in [0.1, 0.15) is 6.54 Å². The van der Waals surface area contributed by atoms with E-state index in [1.807, 2.05) is 0 Å². The maximum atomic E-state index is 11.5. The number of nitrogens with one attached hydrogen (secondary N) is 1. The minimum atomic E-state index is -0.0212. The first-order valence-corrected chi connectivity index (χ1v) is 6.11. The Morgan fingerprint density at radius 1 is 1.59 bits per heavy atom. The Hall–Kier alpha value is -1.30. The first kappa shape index (κ1) is 12.2. The van der Waals surface area contributed by atoms with Crippen LogP contribution in [0.2, 0.25) is 0 Å². The van der Waals surface area contributed by atoms with Gasteiger partial charge in [0, 0.05) is 25.4 Å². The molecule has 0 bridgehead atoms. The number of likely N-dealkylation sites (N-methyl/N-ethyl adjacent to an activating group) is 1. The third-order valence-electron chi connectivity index (χ3n) is 2.41. The number of amides is 1. The van der Waals surface area contributed by atoms with Crippen molar-refractivity contribution in [1.82, 2.24) is 15.5 Å². The van der Waals surface area contributed by atoms with Gasteiger partial charge in [0.05, 0.1) is 0 Å². The number of aryl methyl sites for hydroxylation is 1. The molecule has 0 radical (unpaired) electrons. The molecular weight excluding hydrogens is 244 g/mol. The van der Waals surface area contributed by atoms with Gasteiger partial charge in [-0.3, -0.25) is 4.79 Å². The van der Waals surface area contributed by atoms with Gasteiger partial charge in [0.15, 0.2) is 0 Å². The Morgan fingerprint density at radius 3 is 3.00 bits per heavy atom. The Balaban J connectivity index is 1.84. The summed E-state index contributed by atoms with van der Waals surface area (Å²) in [5, 5.41) is 10.6. The van der Waals surface area contributed by atoms with Crippen molar-refractivity contribution in [3.63, 3.8) is 0 Å². The summed E-state index contributed by atoms with van der Waals surface area (Å²) in [7, 11) is 1.74. The second kappa shape index (κ2) is 5.35. The molecule has 94 valence electrons. The molecule has 1 aromatic heterocycles. The van der Waals surface area contributed by atoms with E-state index < -0.39 is 0 Å². The number of aromatic nitrogens is 2. The highest BCUT2D eigenvalue weighted by Crippen LogP contribution is 2.18. The summed E-state index contributed by atoms with van der Waals surface area (Å²) in [5.41, 5.74) is 0. The second-order valence-electron chi connectivity index (χ2n) is 4.12. The van der Waals surface area contributed by atoms with Crippen LogP contribution in [0.15, 0.2) is 4.42 Å². The average molecular weight is 259 g/mol. The summed E-state index contributed by atoms with van der Waals surface area (Å²) < 4.78 is 5.35. The molecule has 1 aromatic rings. The van der Waals surface area contributed by atoms with Gasteiger partial charge in [0.25, 0.3) is 0 Å². The number of rotatable bonds is 6. The van der Waals surface area contributed by atoms with Gasteiger partial charge < -0.3 is 14.6 Å². The van der Waals surface area contributed by atoms with Gasteiger partial charge >= 0.3 is 6.01 Å². The fourth-order valence-corrected chi connectivity index (χ4v) is 1.53. The highest BCUT2D eigenvalue weighted by molar-refractivity contribution is 6.17. The first-order chi connectivity index (χ1) is 8.19. The third kappa shape index (κ3) is 3.59. The van der Waals surface area contributed by atoms with Crippen LogP contribution in [0, 0.1) is 0 Å². The molecule has 0 aliphatic heterocycles. The van der Waals surface area contributed by atoms with Crippen molar-refractivity contribution in [2.45, 2.75) is 25.3 Å². The van der Waals surface area contributed by atoms with Crippen LogP contribution in [-0.2, 0) is 11.2 Å². The standard InChI is InChI=1S/C10H15ClN4O2/c1-15(6-8(16)12-7-2-3-7)10-14-13-9(17-10)4-5-11/h7H,2-6H2,1H3,(H,12,16). The van der Waals surface area contributed by atoms with Gasteiger partial charge in [-0.15, -0.1) is 16.7 Å². The molecule has 2 rings (SSSR count). The molecule has 7 heteroatoms. The van der Waals surface area contributed by atoms with Gasteiger partial charge in [-0.25, -0.2) is 0 Å². The van der Waals surface area contributed by atoms with Gasteiger partial charge in [-0.1, -0.05) is 5.10 Å². The molecule has 0 aromatic carbocycles. The summed E-state index contributed by atoms with van der Waals surface area (Å²) in [4.78, 5) is 13.2. The fraction of sp³-hybridized carbons (Fsp3) is 0.700. The minimum absolute atomic E-state index is 0.0212. The quantitative estimate of drug-likeness (QED) is 0.755. The number of alkyl halides is 1. The molecule has 0 unspecified atom stereocenters. The molecule has 1 aliphatic carbocycles. The molecule has 6 nitrogen and oxygen atoms in total. The molecule has 0 atom stereocenters. The smallest absolute Gasteiger partial charge is 0.318 e. The van der Waals surface area contributed by atoms with Gasteiger partial charge in [-0.2, -0.15) is 0 Å². The SMILES string of the molecule is CN(CC(=O)NC1CC1)c1nnc(CCCl)o1. The minimum Gasteiger partial charge on any atom is -0.408 e. The number of halogens is 1. The molecule has 1 amide bonds. The van der Waals surface area contributed by atoms with Crippen molar-refractivity contribution < 1.29 is 9.21 Å². The largest absolute Gasteiger partial charge is 0.408 e. The Morgan fingerprint density at radius 2 is 2.35 bits per heavy atom. The molecule has 1 fully saturated rings. The van der Waals surface area contributed by atoms with Crippen molar-refractivity contribution in [3.8, 4) is 0 Å². The van der Waals surface area contributed by atoms with Crippen LogP contribution in [-0.4, -0.2) is 41.6 Å². The maximum absolute atomic E-state index is 11.5. The zero-order valence-electron chi connectivity index (χ0n) is 9.65. The summed E-state index contributed by atoms with van der Waals surface area (Å²) in [6.07, 6.45) is 2.70. The Labute approximate surface area is 104 Å². The highest BCUT2D eigenvalue weighted by atomic mass is 35.5. The number of carbonyl (C=O) groups is 1. The van der Waals surface area contributed by atoms with E-state index in [1.165, 1.54) is 0 Å². The lowest BCUT2D eigenvalue weighted by Gasteiger charge is -2.13. The van der Waals surface area contributed by atoms with E-state index >= 15 is 0 Å². The van der Waals surface area contributed by atoms with Crippen LogP contribution in [0.1, 0.15) is 18.7 Å². The van der Waals surface area contributed by atoms with E-state index in [1.54, 1.807) is 11.9 Å². The Bertz CT molecular complexity index is 391. The first-order valence-electron chi connectivity index (χ1n) is 5.58. The normalized spacial score (nSPS) is 14.7. The van der Waals surface area contributed by atoms with Crippen LogP contribution in [0.5, 0.6) is 0 Å². The lowest BCUT2D eigenvalue weighted by Crippen LogP contribution is -2.36. The lowest BCUT2D eigenvalue weighted by molar-refractivity contribution is -0.119. The molecule has 1 N–H and O–H groups in total. The number of nitrogens with zero attached hydrogens (tertiary/aromatic N) is 3. The zero-order chi connectivity index (χ0) is 12.3. The van der Waals surface area contributed by atoms with Crippen molar-refractivity contribution >= 4 is 23.5 Å². The summed E-state index contributed by atoms with van der Waals surface area (Å²) in [6.45, 7) is 0.221. The van der Waals surface area contributed by atoms with Crippen molar-refractivity contribution in [2.75, 3.05) is 24.4 Å². The van der Waals surface area contributed by atoms with Crippen LogP contribution < -0.4 is 10.2 Å². The molecule has 1 saturated carbocycles. The average Bonchev–Trinajstić information content (AvgIpc) is 2.95.